The van der Waals surface area contributed by atoms with Crippen LogP contribution in [0.25, 0.3) is 0 Å². The third-order valence-electron chi connectivity index (χ3n) is 3.36. The fourth-order valence-electron chi connectivity index (χ4n) is 2.09. The molecule has 0 saturated carbocycles. The van der Waals surface area contributed by atoms with Crippen molar-refractivity contribution in [2.45, 2.75) is 38.3 Å². The van der Waals surface area contributed by atoms with Crippen LogP contribution in [0.5, 0.6) is 0 Å². The third-order valence-corrected chi connectivity index (χ3v) is 3.36. The maximum absolute atomic E-state index is 12.4. The summed E-state index contributed by atoms with van der Waals surface area (Å²) in [5.41, 5.74) is 4.30. The number of hydrogen-bond donors (Lipinski definition) is 2. The molecule has 0 aromatic carbocycles. The van der Waals surface area contributed by atoms with E-state index in [1.807, 2.05) is 0 Å². The molecule has 2 amide bonds. The SMILES string of the molecule is COC(C)(C)C(=O)N(CC(N)=O)C1CCNCC1. The molecule has 0 spiro atoms. The molecule has 18 heavy (non-hydrogen) atoms. The summed E-state index contributed by atoms with van der Waals surface area (Å²) < 4.78 is 5.19. The minimum Gasteiger partial charge on any atom is -0.369 e. The van der Waals surface area contributed by atoms with E-state index in [1.54, 1.807) is 18.7 Å². The molecule has 0 bridgehead atoms. The largest absolute Gasteiger partial charge is 0.369 e. The quantitative estimate of drug-likeness (QED) is 0.694. The Morgan fingerprint density at radius 1 is 1.39 bits per heavy atom. The summed E-state index contributed by atoms with van der Waals surface area (Å²) >= 11 is 0. The fourth-order valence-corrected chi connectivity index (χ4v) is 2.09. The van der Waals surface area contributed by atoms with Gasteiger partial charge < -0.3 is 20.7 Å². The predicted molar refractivity (Wildman–Crippen MR) is 67.9 cm³/mol. The van der Waals surface area contributed by atoms with Crippen molar-refractivity contribution >= 4 is 11.8 Å². The molecule has 0 aliphatic carbocycles. The molecule has 104 valence electrons. The number of hydrogen-bond acceptors (Lipinski definition) is 4. The van der Waals surface area contributed by atoms with Crippen LogP contribution in [0.1, 0.15) is 26.7 Å². The average Bonchev–Trinajstić information content (AvgIpc) is 2.36. The van der Waals surface area contributed by atoms with Gasteiger partial charge in [0.15, 0.2) is 0 Å². The molecule has 6 heteroatoms. The molecule has 6 nitrogen and oxygen atoms in total. The Bertz CT molecular complexity index is 312. The molecule has 1 aliphatic rings. The first-order chi connectivity index (χ1) is 8.38. The molecule has 3 N–H and O–H groups in total. The lowest BCUT2D eigenvalue weighted by molar-refractivity contribution is -0.155. The van der Waals surface area contributed by atoms with Gasteiger partial charge in [0.2, 0.25) is 5.91 Å². The number of piperidine rings is 1. The Balaban J connectivity index is 2.82. The summed E-state index contributed by atoms with van der Waals surface area (Å²) in [7, 11) is 1.49. The van der Waals surface area contributed by atoms with Crippen LogP contribution in [0.15, 0.2) is 0 Å². The second kappa shape index (κ2) is 6.15. The van der Waals surface area contributed by atoms with Gasteiger partial charge in [-0.1, -0.05) is 0 Å². The molecule has 1 rings (SSSR count). The van der Waals surface area contributed by atoms with Crippen LogP contribution in [0.2, 0.25) is 0 Å². The molecule has 1 aliphatic heterocycles. The normalized spacial score (nSPS) is 17.5. The predicted octanol–water partition coefficient (Wildman–Crippen LogP) is -0.523. The standard InChI is InChI=1S/C12H23N3O3/c1-12(2,18-3)11(17)15(8-10(13)16)9-4-6-14-7-5-9/h9,14H,4-8H2,1-3H3,(H2,13,16). The summed E-state index contributed by atoms with van der Waals surface area (Å²) in [5, 5.41) is 3.23. The van der Waals surface area contributed by atoms with Crippen LogP contribution >= 0.6 is 0 Å². The lowest BCUT2D eigenvalue weighted by atomic mass is 10.0. The number of primary amides is 1. The highest BCUT2D eigenvalue weighted by Gasteiger charge is 2.36. The lowest BCUT2D eigenvalue weighted by Crippen LogP contribution is -2.55. The Morgan fingerprint density at radius 2 is 1.94 bits per heavy atom. The van der Waals surface area contributed by atoms with E-state index in [0.717, 1.165) is 25.9 Å². The Hall–Kier alpha value is -1.14. The average molecular weight is 257 g/mol. The number of amides is 2. The van der Waals surface area contributed by atoms with Crippen molar-refractivity contribution in [3.63, 3.8) is 0 Å². The number of nitrogens with two attached hydrogens (primary N) is 1. The van der Waals surface area contributed by atoms with E-state index in [4.69, 9.17) is 10.5 Å². The first kappa shape index (κ1) is 14.9. The zero-order valence-electron chi connectivity index (χ0n) is 11.4. The van der Waals surface area contributed by atoms with Crippen LogP contribution in [0, 0.1) is 0 Å². The Labute approximate surface area is 108 Å². The number of carbonyl (C=O) groups is 2. The first-order valence-electron chi connectivity index (χ1n) is 6.23. The number of rotatable bonds is 5. The molecule has 0 atom stereocenters. The highest BCUT2D eigenvalue weighted by atomic mass is 16.5. The highest BCUT2D eigenvalue weighted by Crippen LogP contribution is 2.19. The number of nitrogens with one attached hydrogen (secondary N) is 1. The third kappa shape index (κ3) is 3.68. The van der Waals surface area contributed by atoms with Crippen molar-refractivity contribution in [1.82, 2.24) is 10.2 Å². The molecule has 0 aromatic heterocycles. The van der Waals surface area contributed by atoms with Crippen LogP contribution in [0.3, 0.4) is 0 Å². The molecule has 0 aromatic rings. The number of methoxy groups -OCH3 is 1. The number of nitrogens with zero attached hydrogens (tertiary/aromatic N) is 1. The van der Waals surface area contributed by atoms with Crippen molar-refractivity contribution in [2.24, 2.45) is 5.73 Å². The van der Waals surface area contributed by atoms with Gasteiger partial charge in [0.1, 0.15) is 5.60 Å². The maximum Gasteiger partial charge on any atom is 0.254 e. The summed E-state index contributed by atoms with van der Waals surface area (Å²) in [6.07, 6.45) is 1.66. The summed E-state index contributed by atoms with van der Waals surface area (Å²) in [6, 6.07) is 0.0562. The van der Waals surface area contributed by atoms with Gasteiger partial charge in [-0.2, -0.15) is 0 Å². The summed E-state index contributed by atoms with van der Waals surface area (Å²) in [4.78, 5) is 25.1. The van der Waals surface area contributed by atoms with E-state index >= 15 is 0 Å². The van der Waals surface area contributed by atoms with Crippen molar-refractivity contribution < 1.29 is 14.3 Å². The van der Waals surface area contributed by atoms with E-state index in [9.17, 15) is 9.59 Å². The van der Waals surface area contributed by atoms with Crippen LogP contribution in [0.4, 0.5) is 0 Å². The van der Waals surface area contributed by atoms with Gasteiger partial charge in [0.05, 0.1) is 6.54 Å². The minimum atomic E-state index is -0.930. The minimum absolute atomic E-state index is 0.0453. The molecule has 1 saturated heterocycles. The Kier molecular flexibility index (Phi) is 5.10. The molecule has 1 heterocycles. The van der Waals surface area contributed by atoms with Gasteiger partial charge in [-0.05, 0) is 39.8 Å². The van der Waals surface area contributed by atoms with Crippen LogP contribution in [-0.2, 0) is 14.3 Å². The zero-order chi connectivity index (χ0) is 13.8. The summed E-state index contributed by atoms with van der Waals surface area (Å²) in [6.45, 7) is 5.05. The number of ether oxygens (including phenoxy) is 1. The molecular weight excluding hydrogens is 234 g/mol. The second-order valence-electron chi connectivity index (χ2n) is 5.09. The van der Waals surface area contributed by atoms with Gasteiger partial charge in [0.25, 0.3) is 5.91 Å². The topological polar surface area (TPSA) is 84.7 Å². The van der Waals surface area contributed by atoms with Gasteiger partial charge in [0, 0.05) is 13.2 Å². The van der Waals surface area contributed by atoms with Crippen molar-refractivity contribution in [1.29, 1.82) is 0 Å². The molecule has 0 radical (unpaired) electrons. The molecule has 0 unspecified atom stereocenters. The van der Waals surface area contributed by atoms with E-state index in [1.165, 1.54) is 7.11 Å². The second-order valence-corrected chi connectivity index (χ2v) is 5.09. The van der Waals surface area contributed by atoms with Crippen LogP contribution in [-0.4, -0.2) is 55.1 Å². The molecule has 1 fully saturated rings. The van der Waals surface area contributed by atoms with Crippen molar-refractivity contribution in [2.75, 3.05) is 26.7 Å². The van der Waals surface area contributed by atoms with E-state index in [0.29, 0.717) is 0 Å². The van der Waals surface area contributed by atoms with Gasteiger partial charge in [-0.25, -0.2) is 0 Å². The zero-order valence-corrected chi connectivity index (χ0v) is 11.4. The summed E-state index contributed by atoms with van der Waals surface area (Å²) in [5.74, 6) is -0.676. The van der Waals surface area contributed by atoms with Gasteiger partial charge in [-0.15, -0.1) is 0 Å². The smallest absolute Gasteiger partial charge is 0.254 e. The van der Waals surface area contributed by atoms with Crippen molar-refractivity contribution in [3.8, 4) is 0 Å². The first-order valence-corrected chi connectivity index (χ1v) is 6.23. The highest BCUT2D eigenvalue weighted by molar-refractivity contribution is 5.88. The van der Waals surface area contributed by atoms with Gasteiger partial charge in [-0.3, -0.25) is 9.59 Å². The number of carbonyl (C=O) groups excluding carboxylic acids is 2. The Morgan fingerprint density at radius 3 is 2.39 bits per heavy atom. The van der Waals surface area contributed by atoms with Gasteiger partial charge >= 0.3 is 0 Å². The maximum atomic E-state index is 12.4. The fraction of sp³-hybridized carbons (Fsp3) is 0.833. The van der Waals surface area contributed by atoms with E-state index in [-0.39, 0.29) is 18.5 Å². The van der Waals surface area contributed by atoms with E-state index in [2.05, 4.69) is 5.32 Å². The van der Waals surface area contributed by atoms with E-state index < -0.39 is 11.5 Å². The molecular formula is C12H23N3O3. The monoisotopic (exact) mass is 257 g/mol. The van der Waals surface area contributed by atoms with Crippen LogP contribution < -0.4 is 11.1 Å². The lowest BCUT2D eigenvalue weighted by Gasteiger charge is -2.38. The van der Waals surface area contributed by atoms with Crippen molar-refractivity contribution in [3.05, 3.63) is 0 Å².